The fourth-order valence-electron chi connectivity index (χ4n) is 1.81. The molecular formula is C14H12Br2INO. The van der Waals surface area contributed by atoms with Gasteiger partial charge in [-0.15, -0.1) is 0 Å². The zero-order valence-electron chi connectivity index (χ0n) is 10.2. The van der Waals surface area contributed by atoms with Gasteiger partial charge in [0.15, 0.2) is 0 Å². The maximum absolute atomic E-state index is 6.38. The molecule has 0 amide bonds. The molecule has 0 fully saturated rings. The summed E-state index contributed by atoms with van der Waals surface area (Å²) in [5, 5.41) is 0. The van der Waals surface area contributed by atoms with Crippen LogP contribution in [-0.2, 0) is 0 Å². The van der Waals surface area contributed by atoms with E-state index in [4.69, 9.17) is 10.5 Å². The Balaban J connectivity index is 2.43. The highest BCUT2D eigenvalue weighted by Crippen LogP contribution is 2.33. The van der Waals surface area contributed by atoms with Gasteiger partial charge in [-0.25, -0.2) is 0 Å². The molecule has 5 heteroatoms. The Bertz CT molecular complexity index is 604. The van der Waals surface area contributed by atoms with Gasteiger partial charge >= 0.3 is 0 Å². The quantitative estimate of drug-likeness (QED) is 0.615. The molecule has 2 aromatic rings. The Kier molecular flexibility index (Phi) is 5.28. The highest BCUT2D eigenvalue weighted by molar-refractivity contribution is 14.1. The number of hydrogen-bond donors (Lipinski definition) is 1. The van der Waals surface area contributed by atoms with Crippen LogP contribution in [0.1, 0.15) is 17.2 Å². The van der Waals surface area contributed by atoms with Crippen molar-refractivity contribution in [3.05, 3.63) is 60.0 Å². The molecule has 0 saturated carbocycles. The molecule has 0 aliphatic heterocycles. The van der Waals surface area contributed by atoms with E-state index in [9.17, 15) is 0 Å². The first-order valence-corrected chi connectivity index (χ1v) is 8.23. The molecule has 0 radical (unpaired) electrons. The van der Waals surface area contributed by atoms with E-state index >= 15 is 0 Å². The minimum Gasteiger partial charge on any atom is -0.497 e. The standard InChI is InChI=1S/C14H12Br2INO/c1-19-9-3-4-10(12(16)7-9)14(18)11-6-8(15)2-5-13(11)17/h2-7,14H,18H2,1H3. The molecule has 0 aliphatic rings. The summed E-state index contributed by atoms with van der Waals surface area (Å²) in [7, 11) is 1.65. The van der Waals surface area contributed by atoms with Crippen molar-refractivity contribution in [2.45, 2.75) is 6.04 Å². The van der Waals surface area contributed by atoms with Crippen LogP contribution in [-0.4, -0.2) is 7.11 Å². The lowest BCUT2D eigenvalue weighted by Gasteiger charge is -2.17. The summed E-state index contributed by atoms with van der Waals surface area (Å²) in [6, 6.07) is 11.8. The minimum absolute atomic E-state index is 0.176. The van der Waals surface area contributed by atoms with Crippen molar-refractivity contribution < 1.29 is 4.74 Å². The van der Waals surface area contributed by atoms with Crippen LogP contribution in [0, 0.1) is 3.57 Å². The molecule has 0 aromatic heterocycles. The summed E-state index contributed by atoms with van der Waals surface area (Å²) in [6.07, 6.45) is 0. The summed E-state index contributed by atoms with van der Waals surface area (Å²) >= 11 is 9.35. The summed E-state index contributed by atoms with van der Waals surface area (Å²) in [4.78, 5) is 0. The zero-order valence-corrected chi connectivity index (χ0v) is 15.5. The van der Waals surface area contributed by atoms with Crippen LogP contribution in [0.5, 0.6) is 5.75 Å². The van der Waals surface area contributed by atoms with Crippen molar-refractivity contribution in [3.63, 3.8) is 0 Å². The Morgan fingerprint density at radius 2 is 1.84 bits per heavy atom. The second-order valence-corrected chi connectivity index (χ2v) is 6.96. The van der Waals surface area contributed by atoms with E-state index in [0.717, 1.165) is 29.4 Å². The average molecular weight is 497 g/mol. The highest BCUT2D eigenvalue weighted by Gasteiger charge is 2.15. The van der Waals surface area contributed by atoms with E-state index < -0.39 is 0 Å². The molecule has 2 N–H and O–H groups in total. The summed E-state index contributed by atoms with van der Waals surface area (Å²) < 4.78 is 8.33. The molecule has 2 nitrogen and oxygen atoms in total. The van der Waals surface area contributed by atoms with Crippen LogP contribution in [0.15, 0.2) is 45.3 Å². The number of benzene rings is 2. The van der Waals surface area contributed by atoms with Crippen LogP contribution in [0.4, 0.5) is 0 Å². The number of rotatable bonds is 3. The largest absolute Gasteiger partial charge is 0.497 e. The third-order valence-corrected chi connectivity index (χ3v) is 5.00. The maximum Gasteiger partial charge on any atom is 0.120 e. The van der Waals surface area contributed by atoms with Gasteiger partial charge in [0.1, 0.15) is 5.75 Å². The zero-order chi connectivity index (χ0) is 14.0. The molecule has 0 saturated heterocycles. The first-order valence-electron chi connectivity index (χ1n) is 5.57. The average Bonchev–Trinajstić information content (AvgIpc) is 2.40. The van der Waals surface area contributed by atoms with E-state index in [2.05, 4.69) is 66.6 Å². The second kappa shape index (κ2) is 6.56. The van der Waals surface area contributed by atoms with Crippen LogP contribution in [0.2, 0.25) is 0 Å². The predicted molar refractivity (Wildman–Crippen MR) is 93.6 cm³/mol. The lowest BCUT2D eigenvalue weighted by molar-refractivity contribution is 0.414. The topological polar surface area (TPSA) is 35.2 Å². The summed E-state index contributed by atoms with van der Waals surface area (Å²) in [6.45, 7) is 0. The molecule has 2 rings (SSSR count). The van der Waals surface area contributed by atoms with Gasteiger partial charge in [0.25, 0.3) is 0 Å². The number of nitrogens with two attached hydrogens (primary N) is 1. The first kappa shape index (κ1) is 15.3. The Labute approximate surface area is 143 Å². The van der Waals surface area contributed by atoms with Crippen LogP contribution in [0.3, 0.4) is 0 Å². The Morgan fingerprint density at radius 3 is 2.47 bits per heavy atom. The number of ether oxygens (including phenoxy) is 1. The number of halogens is 3. The molecule has 0 bridgehead atoms. The molecule has 19 heavy (non-hydrogen) atoms. The molecule has 100 valence electrons. The first-order chi connectivity index (χ1) is 9.02. The van der Waals surface area contributed by atoms with Gasteiger partial charge in [-0.2, -0.15) is 0 Å². The third kappa shape index (κ3) is 3.51. The van der Waals surface area contributed by atoms with Crippen LogP contribution in [0.25, 0.3) is 0 Å². The van der Waals surface area contributed by atoms with Crippen molar-refractivity contribution in [1.82, 2.24) is 0 Å². The van der Waals surface area contributed by atoms with Gasteiger partial charge in [-0.1, -0.05) is 37.9 Å². The van der Waals surface area contributed by atoms with Crippen molar-refractivity contribution in [1.29, 1.82) is 0 Å². The molecule has 0 spiro atoms. The normalized spacial score (nSPS) is 12.3. The van der Waals surface area contributed by atoms with E-state index in [0.29, 0.717) is 0 Å². The van der Waals surface area contributed by atoms with Gasteiger partial charge in [-0.3, -0.25) is 0 Å². The molecule has 0 aliphatic carbocycles. The van der Waals surface area contributed by atoms with Crippen molar-refractivity contribution in [2.75, 3.05) is 7.11 Å². The molecule has 0 heterocycles. The van der Waals surface area contributed by atoms with Crippen molar-refractivity contribution in [3.8, 4) is 5.75 Å². The highest BCUT2D eigenvalue weighted by atomic mass is 127. The van der Waals surface area contributed by atoms with Crippen molar-refractivity contribution >= 4 is 54.5 Å². The van der Waals surface area contributed by atoms with Gasteiger partial charge in [0.05, 0.1) is 13.2 Å². The third-order valence-electron chi connectivity index (χ3n) is 2.84. The number of methoxy groups -OCH3 is 1. The van der Waals surface area contributed by atoms with Crippen molar-refractivity contribution in [2.24, 2.45) is 5.73 Å². The van der Waals surface area contributed by atoms with Gasteiger partial charge in [0, 0.05) is 12.5 Å². The second-order valence-electron chi connectivity index (χ2n) is 4.03. The van der Waals surface area contributed by atoms with Gasteiger partial charge in [0.2, 0.25) is 0 Å². The molecular weight excluding hydrogens is 485 g/mol. The van der Waals surface area contributed by atoms with Crippen LogP contribution >= 0.6 is 54.5 Å². The molecule has 1 atom stereocenters. The minimum atomic E-state index is -0.176. The SMILES string of the molecule is COc1ccc(C(N)c2cc(Br)ccc2I)c(Br)c1. The smallest absolute Gasteiger partial charge is 0.120 e. The van der Waals surface area contributed by atoms with E-state index in [1.165, 1.54) is 0 Å². The van der Waals surface area contributed by atoms with E-state index in [1.54, 1.807) is 7.11 Å². The van der Waals surface area contributed by atoms with Gasteiger partial charge < -0.3 is 10.5 Å². The fraction of sp³-hybridized carbons (Fsp3) is 0.143. The Hall–Kier alpha value is -0.110. The van der Waals surface area contributed by atoms with E-state index in [1.807, 2.05) is 24.3 Å². The summed E-state index contributed by atoms with van der Waals surface area (Å²) in [5.74, 6) is 0.812. The Morgan fingerprint density at radius 1 is 1.11 bits per heavy atom. The summed E-state index contributed by atoms with van der Waals surface area (Å²) in [5.41, 5.74) is 8.52. The lowest BCUT2D eigenvalue weighted by Crippen LogP contribution is -2.14. The number of hydrogen-bond acceptors (Lipinski definition) is 2. The van der Waals surface area contributed by atoms with Gasteiger partial charge in [-0.05, 0) is 64.0 Å². The maximum atomic E-state index is 6.38. The monoisotopic (exact) mass is 495 g/mol. The molecule has 1 unspecified atom stereocenters. The predicted octanol–water partition coefficient (Wildman–Crippen LogP) is 4.87. The van der Waals surface area contributed by atoms with Crippen LogP contribution < -0.4 is 10.5 Å². The van der Waals surface area contributed by atoms with E-state index in [-0.39, 0.29) is 6.04 Å². The molecule has 2 aromatic carbocycles. The fourth-order valence-corrected chi connectivity index (χ4v) is 3.46. The lowest BCUT2D eigenvalue weighted by atomic mass is 10.00.